The molecule has 2 amide bonds. The van der Waals surface area contributed by atoms with E-state index in [9.17, 15) is 18.0 Å². The molecule has 10 heteroatoms. The van der Waals surface area contributed by atoms with Crippen molar-refractivity contribution >= 4 is 56.2 Å². The molecule has 0 radical (unpaired) electrons. The van der Waals surface area contributed by atoms with Gasteiger partial charge in [0.1, 0.15) is 10.9 Å². The highest BCUT2D eigenvalue weighted by Crippen LogP contribution is 2.31. The van der Waals surface area contributed by atoms with Gasteiger partial charge in [0.25, 0.3) is 21.8 Å². The first-order chi connectivity index (χ1) is 15.2. The summed E-state index contributed by atoms with van der Waals surface area (Å²) in [4.78, 5) is 28.5. The monoisotopic (exact) mass is 487 g/mol. The molecule has 0 aliphatic carbocycles. The third-order valence-electron chi connectivity index (χ3n) is 4.38. The zero-order valence-electron chi connectivity index (χ0n) is 17.4. The topological polar surface area (TPSA) is 95.6 Å². The van der Waals surface area contributed by atoms with Crippen molar-refractivity contribution < 1.29 is 18.0 Å². The predicted octanol–water partition coefficient (Wildman–Crippen LogP) is 3.15. The van der Waals surface area contributed by atoms with Crippen LogP contribution in [0.15, 0.2) is 76.0 Å². The number of thiocarbonyl (C=S) groups is 1. The number of carbonyl (C=O) groups is 2. The number of benzene rings is 2. The molecule has 0 atom stereocenters. The van der Waals surface area contributed by atoms with E-state index in [0.29, 0.717) is 4.91 Å². The van der Waals surface area contributed by atoms with Crippen LogP contribution in [0.25, 0.3) is 6.08 Å². The standard InChI is InChI=1S/C22H21N3O4S3/c1-15-8-10-18(11-9-15)32(28,29)24-23-20(26)14-25-21(27)19(31-22(25)30)13-16(2)12-17-6-4-3-5-7-17/h3-13,24H,14H2,1-2H3,(H,23,26). The molecule has 0 aromatic heterocycles. The summed E-state index contributed by atoms with van der Waals surface area (Å²) in [6.07, 6.45) is 3.64. The molecule has 0 unspecified atom stereocenters. The highest BCUT2D eigenvalue weighted by Gasteiger charge is 2.33. The Kier molecular flexibility index (Phi) is 7.62. The molecule has 0 spiro atoms. The first-order valence-electron chi connectivity index (χ1n) is 9.52. The minimum Gasteiger partial charge on any atom is -0.283 e. The average Bonchev–Trinajstić information content (AvgIpc) is 3.00. The fraction of sp³-hybridized carbons (Fsp3) is 0.136. The fourth-order valence-corrected chi connectivity index (χ4v) is 4.95. The maximum atomic E-state index is 12.7. The number of hydrogen-bond acceptors (Lipinski definition) is 6. The van der Waals surface area contributed by atoms with Gasteiger partial charge >= 0.3 is 0 Å². The number of carbonyl (C=O) groups excluding carboxylic acids is 2. The molecule has 1 fully saturated rings. The van der Waals surface area contributed by atoms with Gasteiger partial charge in [-0.2, -0.15) is 0 Å². The van der Waals surface area contributed by atoms with Gasteiger partial charge in [0.15, 0.2) is 0 Å². The summed E-state index contributed by atoms with van der Waals surface area (Å²) in [5.74, 6) is -1.12. The summed E-state index contributed by atoms with van der Waals surface area (Å²) < 4.78 is 24.8. The number of nitrogens with zero attached hydrogens (tertiary/aromatic N) is 1. The van der Waals surface area contributed by atoms with Gasteiger partial charge in [-0.05, 0) is 43.2 Å². The molecule has 3 rings (SSSR count). The van der Waals surface area contributed by atoms with Crippen molar-refractivity contribution in [2.75, 3.05) is 6.54 Å². The van der Waals surface area contributed by atoms with Crippen molar-refractivity contribution in [1.29, 1.82) is 0 Å². The Bertz CT molecular complexity index is 1200. The van der Waals surface area contributed by atoms with Gasteiger partial charge < -0.3 is 0 Å². The molecule has 0 saturated carbocycles. The minimum absolute atomic E-state index is 0.0117. The predicted molar refractivity (Wildman–Crippen MR) is 130 cm³/mol. The van der Waals surface area contributed by atoms with Gasteiger partial charge in [0.05, 0.1) is 9.80 Å². The Labute approximate surface area is 196 Å². The van der Waals surface area contributed by atoms with Crippen LogP contribution in [-0.2, 0) is 19.6 Å². The van der Waals surface area contributed by atoms with E-state index in [0.717, 1.165) is 33.4 Å². The van der Waals surface area contributed by atoms with Crippen LogP contribution in [0.2, 0.25) is 0 Å². The van der Waals surface area contributed by atoms with Crippen molar-refractivity contribution in [2.45, 2.75) is 18.7 Å². The second kappa shape index (κ2) is 10.2. The lowest BCUT2D eigenvalue weighted by Gasteiger charge is -2.14. The molecule has 1 aliphatic rings. The van der Waals surface area contributed by atoms with Gasteiger partial charge in [-0.15, -0.1) is 4.83 Å². The van der Waals surface area contributed by atoms with E-state index in [2.05, 4.69) is 5.43 Å². The SMILES string of the molecule is CC(=Cc1ccccc1)C=C1SC(=S)N(CC(=O)NNS(=O)(=O)c2ccc(C)cc2)C1=O. The van der Waals surface area contributed by atoms with Gasteiger partial charge in [0, 0.05) is 0 Å². The summed E-state index contributed by atoms with van der Waals surface area (Å²) in [6.45, 7) is 3.30. The highest BCUT2D eigenvalue weighted by molar-refractivity contribution is 8.26. The van der Waals surface area contributed by atoms with Crippen molar-refractivity contribution in [2.24, 2.45) is 0 Å². The van der Waals surface area contributed by atoms with Crippen LogP contribution in [0.1, 0.15) is 18.1 Å². The molecule has 7 nitrogen and oxygen atoms in total. The van der Waals surface area contributed by atoms with Crippen LogP contribution in [0.5, 0.6) is 0 Å². The van der Waals surface area contributed by atoms with Crippen molar-refractivity contribution in [3.63, 3.8) is 0 Å². The summed E-state index contributed by atoms with van der Waals surface area (Å²) >= 11 is 6.32. The number of sulfonamides is 1. The number of aryl methyl sites for hydroxylation is 1. The van der Waals surface area contributed by atoms with Gasteiger partial charge in [-0.1, -0.05) is 78.1 Å². The van der Waals surface area contributed by atoms with Crippen molar-refractivity contribution in [3.05, 3.63) is 82.3 Å². The van der Waals surface area contributed by atoms with E-state index in [1.165, 1.54) is 12.1 Å². The zero-order valence-corrected chi connectivity index (χ0v) is 19.8. The lowest BCUT2D eigenvalue weighted by molar-refractivity contribution is -0.129. The second-order valence-corrected chi connectivity index (χ2v) is 10.4. The van der Waals surface area contributed by atoms with E-state index < -0.39 is 28.4 Å². The molecule has 1 aliphatic heterocycles. The number of allylic oxidation sites excluding steroid dienone is 2. The fourth-order valence-electron chi connectivity index (χ4n) is 2.78. The number of hydrogen-bond donors (Lipinski definition) is 2. The summed E-state index contributed by atoms with van der Waals surface area (Å²) in [5, 5.41) is 0. The molecule has 2 aromatic rings. The zero-order chi connectivity index (χ0) is 23.3. The molecule has 166 valence electrons. The lowest BCUT2D eigenvalue weighted by atomic mass is 10.1. The Balaban J connectivity index is 1.62. The maximum Gasteiger partial charge on any atom is 0.266 e. The van der Waals surface area contributed by atoms with Gasteiger partial charge in [-0.3, -0.25) is 19.9 Å². The molecule has 1 saturated heterocycles. The van der Waals surface area contributed by atoms with Crippen molar-refractivity contribution in [1.82, 2.24) is 15.2 Å². The van der Waals surface area contributed by atoms with E-state index >= 15 is 0 Å². The quantitative estimate of drug-likeness (QED) is 0.354. The molecule has 2 aromatic carbocycles. The largest absolute Gasteiger partial charge is 0.283 e. The Morgan fingerprint density at radius 1 is 1.12 bits per heavy atom. The Morgan fingerprint density at radius 3 is 2.44 bits per heavy atom. The normalized spacial score (nSPS) is 16.0. The molecule has 2 N–H and O–H groups in total. The first-order valence-corrected chi connectivity index (χ1v) is 12.2. The number of nitrogens with one attached hydrogen (secondary N) is 2. The van der Waals surface area contributed by atoms with E-state index in [4.69, 9.17) is 12.2 Å². The third-order valence-corrected chi connectivity index (χ3v) is 7.03. The number of thioether (sulfide) groups is 1. The van der Waals surface area contributed by atoms with Crippen LogP contribution in [0.3, 0.4) is 0 Å². The van der Waals surface area contributed by atoms with Crippen LogP contribution in [0.4, 0.5) is 0 Å². The molecular weight excluding hydrogens is 466 g/mol. The van der Waals surface area contributed by atoms with E-state index in [1.807, 2.05) is 55.1 Å². The summed E-state index contributed by atoms with van der Waals surface area (Å²) in [7, 11) is -3.93. The number of hydrazine groups is 1. The molecule has 32 heavy (non-hydrogen) atoms. The minimum atomic E-state index is -3.93. The van der Waals surface area contributed by atoms with E-state index in [1.54, 1.807) is 18.2 Å². The molecule has 0 bridgehead atoms. The lowest BCUT2D eigenvalue weighted by Crippen LogP contribution is -2.47. The average molecular weight is 488 g/mol. The summed E-state index contributed by atoms with van der Waals surface area (Å²) in [6, 6.07) is 15.8. The highest BCUT2D eigenvalue weighted by atomic mass is 32.2. The smallest absolute Gasteiger partial charge is 0.266 e. The van der Waals surface area contributed by atoms with Gasteiger partial charge in [0.2, 0.25) is 0 Å². The Hall–Kier alpha value is -2.79. The first kappa shape index (κ1) is 23.9. The van der Waals surface area contributed by atoms with Crippen LogP contribution in [-0.4, -0.2) is 36.0 Å². The van der Waals surface area contributed by atoms with Crippen LogP contribution < -0.4 is 10.3 Å². The van der Waals surface area contributed by atoms with E-state index in [-0.39, 0.29) is 9.22 Å². The summed E-state index contributed by atoms with van der Waals surface area (Å²) in [5.41, 5.74) is 4.88. The number of rotatable bonds is 7. The van der Waals surface area contributed by atoms with Crippen LogP contribution >= 0.6 is 24.0 Å². The maximum absolute atomic E-state index is 12.7. The van der Waals surface area contributed by atoms with Crippen LogP contribution in [0, 0.1) is 6.92 Å². The van der Waals surface area contributed by atoms with Crippen molar-refractivity contribution in [3.8, 4) is 0 Å². The molecule has 1 heterocycles. The third kappa shape index (κ3) is 6.13. The van der Waals surface area contributed by atoms with Gasteiger partial charge in [-0.25, -0.2) is 8.42 Å². The molecular formula is C22H21N3O4S3. The Morgan fingerprint density at radius 2 is 1.78 bits per heavy atom. The number of amides is 2. The second-order valence-electron chi connectivity index (χ2n) is 7.03.